The van der Waals surface area contributed by atoms with Crippen LogP contribution in [0.1, 0.15) is 0 Å². The first-order chi connectivity index (χ1) is 11.7. The molecule has 0 bridgehead atoms. The average molecular weight is 324 g/mol. The van der Waals surface area contributed by atoms with Crippen LogP contribution in [0.3, 0.4) is 0 Å². The molecule has 0 aliphatic heterocycles. The van der Waals surface area contributed by atoms with Gasteiger partial charge in [-0.2, -0.15) is 9.98 Å². The Balaban J connectivity index is 0. The third-order valence-corrected chi connectivity index (χ3v) is 1.85. The third kappa shape index (κ3) is 16.0. The topological polar surface area (TPSA) is 141 Å². The van der Waals surface area contributed by atoms with Crippen LogP contribution in [0.2, 0.25) is 0 Å². The van der Waals surface area contributed by atoms with Gasteiger partial charge in [0.1, 0.15) is 0 Å². The van der Waals surface area contributed by atoms with Crippen LogP contribution in [0.5, 0.6) is 0 Å². The van der Waals surface area contributed by atoms with Gasteiger partial charge in [-0.3, -0.25) is 0 Å². The minimum Gasteiger partial charge on any atom is -0.222 e. The Morgan fingerprint density at radius 2 is 0.917 bits per heavy atom. The van der Waals surface area contributed by atoms with E-state index in [9.17, 15) is 9.59 Å². The fraction of sp³-hybridized carbons (Fsp3) is 0. The highest BCUT2D eigenvalue weighted by Crippen LogP contribution is 2.18. The van der Waals surface area contributed by atoms with Gasteiger partial charge < -0.3 is 0 Å². The predicted molar refractivity (Wildman–Crippen MR) is 85.3 cm³/mol. The van der Waals surface area contributed by atoms with Gasteiger partial charge in [0.05, 0.1) is 11.4 Å². The highest BCUT2D eigenvalue weighted by Gasteiger charge is 1.90. The SMILES string of the molecule is N=C=O.N=C=O.O=C=Nc1cccc(N=C=O)c1.c1ccccc1. The van der Waals surface area contributed by atoms with Crippen LogP contribution < -0.4 is 0 Å². The van der Waals surface area contributed by atoms with Crippen LogP contribution in [-0.4, -0.2) is 24.3 Å². The molecule has 0 amide bonds. The quantitative estimate of drug-likeness (QED) is 0.646. The summed E-state index contributed by atoms with van der Waals surface area (Å²) >= 11 is 0. The first-order valence-electron chi connectivity index (χ1n) is 6.03. The second-order valence-electron chi connectivity index (χ2n) is 3.28. The average Bonchev–Trinajstić information content (AvgIpc) is 2.59. The zero-order valence-electron chi connectivity index (χ0n) is 12.3. The third-order valence-electron chi connectivity index (χ3n) is 1.85. The van der Waals surface area contributed by atoms with E-state index < -0.39 is 0 Å². The van der Waals surface area contributed by atoms with E-state index in [1.165, 1.54) is 18.2 Å². The van der Waals surface area contributed by atoms with Gasteiger partial charge in [0.25, 0.3) is 0 Å². The Hall–Kier alpha value is -4.04. The van der Waals surface area contributed by atoms with Crippen LogP contribution >= 0.6 is 0 Å². The fourth-order valence-corrected chi connectivity index (χ4v) is 1.12. The van der Waals surface area contributed by atoms with Crippen molar-refractivity contribution in [1.29, 1.82) is 10.8 Å². The van der Waals surface area contributed by atoms with E-state index >= 15 is 0 Å². The lowest BCUT2D eigenvalue weighted by Crippen LogP contribution is -1.64. The Morgan fingerprint density at radius 1 is 0.625 bits per heavy atom. The lowest BCUT2D eigenvalue weighted by atomic mass is 10.3. The molecule has 0 aliphatic rings. The predicted octanol–water partition coefficient (Wildman–Crippen LogP) is 3.11. The number of isocyanates is 4. The van der Waals surface area contributed by atoms with E-state index in [2.05, 4.69) is 9.98 Å². The summed E-state index contributed by atoms with van der Waals surface area (Å²) < 4.78 is 0. The van der Waals surface area contributed by atoms with Crippen molar-refractivity contribution in [3.8, 4) is 0 Å². The lowest BCUT2D eigenvalue weighted by Gasteiger charge is -1.90. The van der Waals surface area contributed by atoms with E-state index in [0.717, 1.165) is 12.2 Å². The molecule has 120 valence electrons. The Morgan fingerprint density at radius 3 is 1.17 bits per heavy atom. The molecule has 2 N–H and O–H groups in total. The fourth-order valence-electron chi connectivity index (χ4n) is 1.12. The van der Waals surface area contributed by atoms with Gasteiger partial charge in [-0.1, -0.05) is 42.5 Å². The zero-order chi connectivity index (χ0) is 18.5. The van der Waals surface area contributed by atoms with Gasteiger partial charge in [-0.05, 0) is 18.2 Å². The maximum atomic E-state index is 9.84. The van der Waals surface area contributed by atoms with Gasteiger partial charge in [0.15, 0.2) is 0 Å². The molecule has 0 heterocycles. The minimum atomic E-state index is 0.418. The van der Waals surface area contributed by atoms with E-state index in [1.54, 1.807) is 18.2 Å². The molecular formula is C16H12N4O4. The van der Waals surface area contributed by atoms with Crippen LogP contribution in [0.4, 0.5) is 11.4 Å². The van der Waals surface area contributed by atoms with E-state index in [-0.39, 0.29) is 0 Å². The maximum Gasteiger partial charge on any atom is 0.240 e. The van der Waals surface area contributed by atoms with Crippen molar-refractivity contribution >= 4 is 35.7 Å². The molecule has 0 saturated carbocycles. The summed E-state index contributed by atoms with van der Waals surface area (Å²) in [6, 6.07) is 18.3. The molecule has 8 nitrogen and oxygen atoms in total. The molecule has 8 heteroatoms. The Kier molecular flexibility index (Phi) is 17.6. The standard InChI is InChI=1S/C8H4N2O2.C6H6.2CHNO/c11-5-9-7-2-1-3-8(4-7)10-6-12;1-2-4-6-5-3-1;2*2-1-3/h1-4H;1-6H;2*2H. The van der Waals surface area contributed by atoms with E-state index in [0.29, 0.717) is 11.4 Å². The van der Waals surface area contributed by atoms with Crippen molar-refractivity contribution in [3.05, 3.63) is 60.7 Å². The second-order valence-corrected chi connectivity index (χ2v) is 3.28. The second kappa shape index (κ2) is 19.0. The van der Waals surface area contributed by atoms with Gasteiger partial charge in [-0.25, -0.2) is 30.0 Å². The zero-order valence-corrected chi connectivity index (χ0v) is 12.3. The number of aliphatic imine (C=N–C) groups is 2. The lowest BCUT2D eigenvalue weighted by molar-refractivity contribution is 0.562. The molecule has 0 unspecified atom stereocenters. The van der Waals surface area contributed by atoms with Gasteiger partial charge in [0.2, 0.25) is 24.3 Å². The summed E-state index contributed by atoms with van der Waals surface area (Å²) in [6.45, 7) is 0. The van der Waals surface area contributed by atoms with Crippen molar-refractivity contribution < 1.29 is 19.2 Å². The molecule has 0 aliphatic carbocycles. The molecule has 0 atom stereocenters. The van der Waals surface area contributed by atoms with Gasteiger partial charge >= 0.3 is 0 Å². The Bertz CT molecular complexity index is 666. The van der Waals surface area contributed by atoms with Gasteiger partial charge in [-0.15, -0.1) is 0 Å². The van der Waals surface area contributed by atoms with Crippen molar-refractivity contribution in [2.75, 3.05) is 0 Å². The summed E-state index contributed by atoms with van der Waals surface area (Å²) in [5.74, 6) is 0. The van der Waals surface area contributed by atoms with E-state index in [1.807, 2.05) is 36.4 Å². The molecule has 2 rings (SSSR count). The summed E-state index contributed by atoms with van der Waals surface area (Å²) in [7, 11) is 0. The largest absolute Gasteiger partial charge is 0.240 e. The monoisotopic (exact) mass is 324 g/mol. The normalized spacial score (nSPS) is 6.67. The number of nitrogens with one attached hydrogen (secondary N) is 2. The summed E-state index contributed by atoms with van der Waals surface area (Å²) in [6.07, 6.45) is 4.28. The molecule has 0 fully saturated rings. The Labute approximate surface area is 137 Å². The summed E-state index contributed by atoms with van der Waals surface area (Å²) in [5, 5.41) is 10.8. The molecule has 2 aromatic carbocycles. The molecule has 24 heavy (non-hydrogen) atoms. The minimum absolute atomic E-state index is 0.418. The number of carbonyl (C=O) groups excluding carboxylic acids is 4. The first kappa shape index (κ1) is 22.2. The number of nitrogens with zero attached hydrogens (tertiary/aromatic N) is 2. The highest BCUT2D eigenvalue weighted by atomic mass is 16.1. The highest BCUT2D eigenvalue weighted by molar-refractivity contribution is 5.58. The van der Waals surface area contributed by atoms with Crippen LogP contribution in [0.25, 0.3) is 0 Å². The number of hydrogen-bond acceptors (Lipinski definition) is 8. The molecular weight excluding hydrogens is 312 g/mol. The van der Waals surface area contributed by atoms with E-state index in [4.69, 9.17) is 20.4 Å². The molecule has 0 aromatic heterocycles. The van der Waals surface area contributed by atoms with Crippen LogP contribution in [0, 0.1) is 10.8 Å². The smallest absolute Gasteiger partial charge is 0.222 e. The van der Waals surface area contributed by atoms with Crippen LogP contribution in [-0.2, 0) is 19.2 Å². The summed E-state index contributed by atoms with van der Waals surface area (Å²) in [4.78, 5) is 43.1. The molecule has 0 saturated heterocycles. The molecule has 0 radical (unpaired) electrons. The van der Waals surface area contributed by atoms with Crippen molar-refractivity contribution in [2.24, 2.45) is 9.98 Å². The van der Waals surface area contributed by atoms with Crippen molar-refractivity contribution in [2.45, 2.75) is 0 Å². The first-order valence-corrected chi connectivity index (χ1v) is 6.03. The van der Waals surface area contributed by atoms with Crippen LogP contribution in [0.15, 0.2) is 70.6 Å². The maximum absolute atomic E-state index is 9.84. The number of benzene rings is 2. The summed E-state index contributed by atoms with van der Waals surface area (Å²) in [5.41, 5.74) is 0.836. The number of rotatable bonds is 2. The molecule has 2 aromatic rings. The van der Waals surface area contributed by atoms with Gasteiger partial charge in [0, 0.05) is 0 Å². The number of hydrogen-bond donors (Lipinski definition) is 2. The van der Waals surface area contributed by atoms with Crippen molar-refractivity contribution in [3.63, 3.8) is 0 Å². The molecule has 0 spiro atoms. The van der Waals surface area contributed by atoms with Crippen molar-refractivity contribution in [1.82, 2.24) is 0 Å².